The molecule has 0 aromatic heterocycles. The van der Waals surface area contributed by atoms with E-state index >= 15 is 0 Å². The highest BCUT2D eigenvalue weighted by molar-refractivity contribution is 7.12. The summed E-state index contributed by atoms with van der Waals surface area (Å²) in [7, 11) is -0.793. The molecule has 0 N–H and O–H groups in total. The summed E-state index contributed by atoms with van der Waals surface area (Å²) in [5, 5.41) is 8.32. The van der Waals surface area contributed by atoms with E-state index in [1.54, 1.807) is 7.11 Å². The van der Waals surface area contributed by atoms with E-state index in [2.05, 4.69) is 13.0 Å². The molecule has 0 aliphatic heterocycles. The van der Waals surface area contributed by atoms with Gasteiger partial charge in [0.25, 0.3) is 0 Å². The Morgan fingerprint density at radius 3 is 2.64 bits per heavy atom. The van der Waals surface area contributed by atoms with Crippen molar-refractivity contribution < 1.29 is 8.85 Å². The zero-order chi connectivity index (χ0) is 10.9. The number of rotatable bonds is 8. The summed E-state index contributed by atoms with van der Waals surface area (Å²) in [5.74, 6) is 0. The molecule has 0 rings (SSSR count). The average molecular weight is 236 g/mol. The third-order valence-electron chi connectivity index (χ3n) is 1.85. The van der Waals surface area contributed by atoms with Gasteiger partial charge in [-0.2, -0.15) is 5.26 Å². The highest BCUT2D eigenvalue weighted by Gasteiger charge is 2.33. The van der Waals surface area contributed by atoms with Gasteiger partial charge in [-0.05, 0) is 12.8 Å². The van der Waals surface area contributed by atoms with Crippen molar-refractivity contribution in [3.63, 3.8) is 0 Å². The van der Waals surface area contributed by atoms with Crippen LogP contribution in [0.5, 0.6) is 0 Å². The lowest BCUT2D eigenvalue weighted by molar-refractivity contribution is 0.214. The minimum atomic E-state index is -2.39. The maximum Gasteiger partial charge on any atom is 0.442 e. The molecule has 0 saturated heterocycles. The van der Waals surface area contributed by atoms with Crippen LogP contribution >= 0.6 is 11.1 Å². The zero-order valence-electron chi connectivity index (χ0n) is 8.88. The highest BCUT2D eigenvalue weighted by atomic mass is 35.6. The van der Waals surface area contributed by atoms with E-state index in [1.807, 2.05) is 0 Å². The fourth-order valence-corrected chi connectivity index (χ4v) is 3.37. The average Bonchev–Trinajstić information content (AvgIpc) is 2.18. The number of nitrogens with zero attached hydrogens (tertiary/aromatic N) is 1. The molecule has 0 bridgehead atoms. The van der Waals surface area contributed by atoms with Gasteiger partial charge in [0.2, 0.25) is 0 Å². The lowest BCUT2D eigenvalue weighted by Gasteiger charge is -2.21. The molecule has 0 aliphatic carbocycles. The Kier molecular flexibility index (Phi) is 8.19. The maximum absolute atomic E-state index is 8.32. The summed E-state index contributed by atoms with van der Waals surface area (Å²) in [6, 6.07) is 2.90. The van der Waals surface area contributed by atoms with Gasteiger partial charge in [-0.25, -0.2) is 0 Å². The summed E-state index contributed by atoms with van der Waals surface area (Å²) < 4.78 is 10.7. The first-order chi connectivity index (χ1) is 6.68. The minimum Gasteiger partial charge on any atom is -0.386 e. The lowest BCUT2D eigenvalue weighted by Crippen LogP contribution is -2.34. The second-order valence-electron chi connectivity index (χ2n) is 3.08. The number of unbranched alkanes of at least 4 members (excludes halogenated alkanes) is 2. The molecule has 0 amide bonds. The first-order valence-corrected chi connectivity index (χ1v) is 7.97. The standard InChI is InChI=1S/C9H18ClNO2Si/c1-3-9-14(10,12-2)13-8-6-4-5-7-11/h3-6,8-9H2,1-2H3. The van der Waals surface area contributed by atoms with Crippen LogP contribution in [0.3, 0.4) is 0 Å². The van der Waals surface area contributed by atoms with Crippen LogP contribution in [0.15, 0.2) is 0 Å². The highest BCUT2D eigenvalue weighted by Crippen LogP contribution is 2.19. The molecule has 5 heteroatoms. The van der Waals surface area contributed by atoms with Crippen LogP contribution < -0.4 is 0 Å². The predicted molar refractivity (Wildman–Crippen MR) is 59.1 cm³/mol. The Hall–Kier alpha value is -0.0831. The van der Waals surface area contributed by atoms with E-state index < -0.39 is 7.87 Å². The van der Waals surface area contributed by atoms with Crippen LogP contribution in [0.4, 0.5) is 0 Å². The van der Waals surface area contributed by atoms with E-state index in [9.17, 15) is 0 Å². The van der Waals surface area contributed by atoms with Crippen LogP contribution in [0.2, 0.25) is 6.04 Å². The summed E-state index contributed by atoms with van der Waals surface area (Å²) in [6.45, 7) is 2.66. The molecule has 3 nitrogen and oxygen atoms in total. The van der Waals surface area contributed by atoms with Crippen molar-refractivity contribution >= 4 is 18.9 Å². The molecular weight excluding hydrogens is 218 g/mol. The van der Waals surface area contributed by atoms with E-state index in [0.29, 0.717) is 13.0 Å². The molecule has 0 aromatic carbocycles. The van der Waals surface area contributed by atoms with Crippen molar-refractivity contribution in [2.24, 2.45) is 0 Å². The van der Waals surface area contributed by atoms with Gasteiger partial charge in [-0.1, -0.05) is 24.4 Å². The van der Waals surface area contributed by atoms with Gasteiger partial charge >= 0.3 is 7.87 Å². The molecule has 1 atom stereocenters. The molecule has 0 fully saturated rings. The molecule has 0 radical (unpaired) electrons. The van der Waals surface area contributed by atoms with Gasteiger partial charge in [0, 0.05) is 26.2 Å². The summed E-state index contributed by atoms with van der Waals surface area (Å²) in [6.07, 6.45) is 3.30. The van der Waals surface area contributed by atoms with E-state index in [4.69, 9.17) is 25.2 Å². The van der Waals surface area contributed by atoms with Crippen molar-refractivity contribution in [2.45, 2.75) is 38.7 Å². The SMILES string of the molecule is CCC[Si](Cl)(OC)OCCCCC#N. The Bertz CT molecular complexity index is 186. The van der Waals surface area contributed by atoms with Crippen LogP contribution in [-0.2, 0) is 8.85 Å². The fraction of sp³-hybridized carbons (Fsp3) is 0.889. The molecule has 0 aromatic rings. The first-order valence-electron chi connectivity index (χ1n) is 4.93. The number of halogens is 1. The molecular formula is C9H18ClNO2Si. The Morgan fingerprint density at radius 2 is 2.14 bits per heavy atom. The summed E-state index contributed by atoms with van der Waals surface area (Å²) in [5.41, 5.74) is 0. The Balaban J connectivity index is 3.57. The molecule has 0 heterocycles. The topological polar surface area (TPSA) is 42.2 Å². The Morgan fingerprint density at radius 1 is 1.43 bits per heavy atom. The number of hydrogen-bond donors (Lipinski definition) is 0. The van der Waals surface area contributed by atoms with Gasteiger partial charge in [0.1, 0.15) is 0 Å². The molecule has 14 heavy (non-hydrogen) atoms. The van der Waals surface area contributed by atoms with Crippen molar-refractivity contribution in [1.29, 1.82) is 5.26 Å². The zero-order valence-corrected chi connectivity index (χ0v) is 10.6. The van der Waals surface area contributed by atoms with E-state index in [1.165, 1.54) is 0 Å². The minimum absolute atomic E-state index is 0.584. The smallest absolute Gasteiger partial charge is 0.386 e. The van der Waals surface area contributed by atoms with Crippen molar-refractivity contribution in [3.8, 4) is 6.07 Å². The van der Waals surface area contributed by atoms with Crippen LogP contribution in [0.25, 0.3) is 0 Å². The monoisotopic (exact) mass is 235 g/mol. The van der Waals surface area contributed by atoms with Crippen molar-refractivity contribution in [1.82, 2.24) is 0 Å². The van der Waals surface area contributed by atoms with Crippen LogP contribution in [0.1, 0.15) is 32.6 Å². The third-order valence-corrected chi connectivity index (χ3v) is 5.55. The quantitative estimate of drug-likeness (QED) is 0.369. The van der Waals surface area contributed by atoms with Gasteiger partial charge in [-0.15, -0.1) is 0 Å². The summed E-state index contributed by atoms with van der Waals surface area (Å²) in [4.78, 5) is 0. The second kappa shape index (κ2) is 8.24. The van der Waals surface area contributed by atoms with Crippen LogP contribution in [-0.4, -0.2) is 21.6 Å². The van der Waals surface area contributed by atoms with Crippen molar-refractivity contribution in [3.05, 3.63) is 0 Å². The Labute approximate surface area is 91.9 Å². The third kappa shape index (κ3) is 6.38. The molecule has 0 spiro atoms. The largest absolute Gasteiger partial charge is 0.442 e. The number of hydrogen-bond acceptors (Lipinski definition) is 3. The van der Waals surface area contributed by atoms with Gasteiger partial charge < -0.3 is 8.85 Å². The normalized spacial score (nSPS) is 14.7. The molecule has 0 saturated carbocycles. The summed E-state index contributed by atoms with van der Waals surface area (Å²) >= 11 is 6.17. The lowest BCUT2D eigenvalue weighted by atomic mass is 10.3. The fourth-order valence-electron chi connectivity index (χ4n) is 1.06. The van der Waals surface area contributed by atoms with Gasteiger partial charge in [0.05, 0.1) is 6.07 Å². The van der Waals surface area contributed by atoms with Crippen LogP contribution in [0, 0.1) is 11.3 Å². The van der Waals surface area contributed by atoms with Gasteiger partial charge in [-0.3, -0.25) is 0 Å². The number of nitriles is 1. The second-order valence-corrected chi connectivity index (χ2v) is 7.32. The first kappa shape index (κ1) is 13.9. The maximum atomic E-state index is 8.32. The van der Waals surface area contributed by atoms with Crippen molar-refractivity contribution in [2.75, 3.05) is 13.7 Å². The van der Waals surface area contributed by atoms with Gasteiger partial charge in [0.15, 0.2) is 0 Å². The molecule has 1 unspecified atom stereocenters. The van der Waals surface area contributed by atoms with E-state index in [0.717, 1.165) is 25.3 Å². The molecule has 0 aliphatic rings. The predicted octanol–water partition coefficient (Wildman–Crippen LogP) is 2.93. The molecule has 82 valence electrons. The van der Waals surface area contributed by atoms with E-state index in [-0.39, 0.29) is 0 Å².